The lowest BCUT2D eigenvalue weighted by atomic mass is 10.3. The largest absolute Gasteiger partial charge is 0.480 e. The molecule has 6 heteroatoms. The van der Waals surface area contributed by atoms with Crippen LogP contribution in [-0.2, 0) is 9.53 Å². The van der Waals surface area contributed by atoms with Crippen molar-refractivity contribution < 1.29 is 19.2 Å². The molecule has 0 saturated heterocycles. The second-order valence-corrected chi connectivity index (χ2v) is 2.51. The summed E-state index contributed by atoms with van der Waals surface area (Å²) in [5.74, 6) is -0.722. The zero-order chi connectivity index (χ0) is 9.26. The highest BCUT2D eigenvalue weighted by molar-refractivity contribution is 5.96. The van der Waals surface area contributed by atoms with Gasteiger partial charge in [-0.15, -0.1) is 0 Å². The van der Waals surface area contributed by atoms with E-state index in [-0.39, 0.29) is 12.5 Å². The Balaban J connectivity index is 2.20. The van der Waals surface area contributed by atoms with Crippen LogP contribution in [0.5, 0.6) is 0 Å². The van der Waals surface area contributed by atoms with E-state index in [1.165, 1.54) is 12.5 Å². The van der Waals surface area contributed by atoms with Crippen molar-refractivity contribution in [3.05, 3.63) is 18.0 Å². The third kappa shape index (κ3) is 1.37. The molecule has 1 atom stereocenters. The minimum Gasteiger partial charge on any atom is -0.480 e. The monoisotopic (exact) mass is 182 g/mol. The van der Waals surface area contributed by atoms with Gasteiger partial charge in [-0.05, 0) is 0 Å². The summed E-state index contributed by atoms with van der Waals surface area (Å²) in [5.41, 5.74) is 0.559. The molecule has 0 radical (unpaired) electrons. The highest BCUT2D eigenvalue weighted by Gasteiger charge is 2.26. The van der Waals surface area contributed by atoms with E-state index in [0.29, 0.717) is 5.56 Å². The fourth-order valence-corrected chi connectivity index (χ4v) is 0.969. The molecule has 1 N–H and O–H groups in total. The van der Waals surface area contributed by atoms with Crippen molar-refractivity contribution in [3.63, 3.8) is 0 Å². The lowest BCUT2D eigenvalue weighted by molar-refractivity contribution is -0.138. The first kappa shape index (κ1) is 7.78. The lowest BCUT2D eigenvalue weighted by Crippen LogP contribution is -2.18. The molecule has 1 aromatic heterocycles. The van der Waals surface area contributed by atoms with Gasteiger partial charge in [0.25, 0.3) is 0 Å². The summed E-state index contributed by atoms with van der Waals surface area (Å²) in [7, 11) is 0. The summed E-state index contributed by atoms with van der Waals surface area (Å²) in [6.07, 6.45) is 2.77. The van der Waals surface area contributed by atoms with Crippen LogP contribution in [-0.4, -0.2) is 34.8 Å². The van der Waals surface area contributed by atoms with Gasteiger partial charge in [-0.2, -0.15) is 0 Å². The van der Waals surface area contributed by atoms with Gasteiger partial charge in [0, 0.05) is 0 Å². The van der Waals surface area contributed by atoms with Crippen LogP contribution in [0.4, 0.5) is 0 Å². The van der Waals surface area contributed by atoms with Gasteiger partial charge >= 0.3 is 5.97 Å². The predicted molar refractivity (Wildman–Crippen MR) is 40.4 cm³/mol. The van der Waals surface area contributed by atoms with E-state index in [4.69, 9.17) is 9.84 Å². The molecule has 6 nitrogen and oxygen atoms in total. The Morgan fingerprint density at radius 1 is 1.69 bits per heavy atom. The van der Waals surface area contributed by atoms with Gasteiger partial charge in [0.15, 0.2) is 6.04 Å². The van der Waals surface area contributed by atoms with Gasteiger partial charge in [0.05, 0.1) is 11.8 Å². The van der Waals surface area contributed by atoms with Gasteiger partial charge in [-0.3, -0.25) is 0 Å². The van der Waals surface area contributed by atoms with E-state index in [1.54, 1.807) is 0 Å². The minimum atomic E-state index is -0.994. The Bertz CT molecular complexity index is 343. The van der Waals surface area contributed by atoms with E-state index in [1.807, 2.05) is 0 Å². The summed E-state index contributed by atoms with van der Waals surface area (Å²) >= 11 is 0. The van der Waals surface area contributed by atoms with Crippen LogP contribution in [0.3, 0.4) is 0 Å². The van der Waals surface area contributed by atoms with E-state index < -0.39 is 12.0 Å². The summed E-state index contributed by atoms with van der Waals surface area (Å²) in [5, 5.41) is 12.1. The maximum Gasteiger partial charge on any atom is 0.332 e. The number of carboxylic acids is 1. The zero-order valence-electron chi connectivity index (χ0n) is 6.51. The molecule has 2 rings (SSSR count). The standard InChI is InChI=1S/C7H6N2O4/c10-7(11)5-3-12-6(9-5)4-1-8-13-2-4/h1-2,5H,3H2,(H,10,11). The average molecular weight is 182 g/mol. The first-order valence-corrected chi connectivity index (χ1v) is 3.60. The Morgan fingerprint density at radius 3 is 3.08 bits per heavy atom. The van der Waals surface area contributed by atoms with E-state index >= 15 is 0 Å². The number of rotatable bonds is 2. The average Bonchev–Trinajstić information content (AvgIpc) is 2.75. The highest BCUT2D eigenvalue weighted by atomic mass is 16.5. The van der Waals surface area contributed by atoms with Crippen LogP contribution in [0.1, 0.15) is 5.56 Å². The van der Waals surface area contributed by atoms with E-state index in [2.05, 4.69) is 14.7 Å². The molecule has 2 heterocycles. The Morgan fingerprint density at radius 2 is 2.54 bits per heavy atom. The van der Waals surface area contributed by atoms with Crippen molar-refractivity contribution in [2.45, 2.75) is 6.04 Å². The molecule has 1 unspecified atom stereocenters. The maximum atomic E-state index is 10.5. The number of aliphatic carboxylic acids is 1. The smallest absolute Gasteiger partial charge is 0.332 e. The second-order valence-electron chi connectivity index (χ2n) is 2.51. The number of aromatic nitrogens is 1. The van der Waals surface area contributed by atoms with Crippen molar-refractivity contribution in [1.29, 1.82) is 0 Å². The molecular formula is C7H6N2O4. The van der Waals surface area contributed by atoms with Gasteiger partial charge < -0.3 is 14.4 Å². The second kappa shape index (κ2) is 2.89. The summed E-state index contributed by atoms with van der Waals surface area (Å²) in [4.78, 5) is 14.3. The predicted octanol–water partition coefficient (Wildman–Crippen LogP) is -0.0954. The van der Waals surface area contributed by atoms with Crippen molar-refractivity contribution in [1.82, 2.24) is 5.16 Å². The third-order valence-electron chi connectivity index (χ3n) is 1.62. The van der Waals surface area contributed by atoms with Crippen LogP contribution < -0.4 is 0 Å². The van der Waals surface area contributed by atoms with Crippen molar-refractivity contribution >= 4 is 11.9 Å². The van der Waals surface area contributed by atoms with Gasteiger partial charge in [-0.1, -0.05) is 5.16 Å². The van der Waals surface area contributed by atoms with Crippen LogP contribution in [0, 0.1) is 0 Å². The number of hydrogen-bond acceptors (Lipinski definition) is 5. The SMILES string of the molecule is O=C(O)C1COC(c2cnoc2)=N1. The Hall–Kier alpha value is -1.85. The van der Waals surface area contributed by atoms with Gasteiger partial charge in [0.1, 0.15) is 12.9 Å². The number of carbonyl (C=O) groups is 1. The van der Waals surface area contributed by atoms with Crippen LogP contribution >= 0.6 is 0 Å². The van der Waals surface area contributed by atoms with Gasteiger partial charge in [0.2, 0.25) is 5.90 Å². The number of nitrogens with zero attached hydrogens (tertiary/aromatic N) is 2. The molecule has 13 heavy (non-hydrogen) atoms. The molecule has 0 spiro atoms. The zero-order valence-corrected chi connectivity index (χ0v) is 6.51. The van der Waals surface area contributed by atoms with Gasteiger partial charge in [-0.25, -0.2) is 9.79 Å². The Labute approximate surface area is 72.8 Å². The van der Waals surface area contributed by atoms with Crippen LogP contribution in [0.25, 0.3) is 0 Å². The van der Waals surface area contributed by atoms with Crippen molar-refractivity contribution in [2.24, 2.45) is 4.99 Å². The molecule has 1 aliphatic heterocycles. The molecule has 1 aromatic rings. The van der Waals surface area contributed by atoms with Crippen molar-refractivity contribution in [2.75, 3.05) is 6.61 Å². The number of ether oxygens (including phenoxy) is 1. The molecule has 68 valence electrons. The molecule has 0 bridgehead atoms. The normalized spacial score (nSPS) is 20.9. The molecule has 0 aliphatic carbocycles. The van der Waals surface area contributed by atoms with Crippen molar-refractivity contribution in [3.8, 4) is 0 Å². The highest BCUT2D eigenvalue weighted by Crippen LogP contribution is 2.11. The topological polar surface area (TPSA) is 84.9 Å². The first-order chi connectivity index (χ1) is 6.27. The minimum absolute atomic E-state index is 0.0653. The van der Waals surface area contributed by atoms with Crippen LogP contribution in [0.15, 0.2) is 22.0 Å². The summed E-state index contributed by atoms with van der Waals surface area (Å²) < 4.78 is 9.60. The number of carboxylic acid groups (broad SMARTS) is 1. The van der Waals surface area contributed by atoms with E-state index in [9.17, 15) is 4.79 Å². The molecule has 0 saturated carbocycles. The molecular weight excluding hydrogens is 176 g/mol. The molecule has 1 aliphatic rings. The molecule has 0 amide bonds. The fraction of sp³-hybridized carbons (Fsp3) is 0.286. The lowest BCUT2D eigenvalue weighted by Gasteiger charge is -1.95. The maximum absolute atomic E-state index is 10.5. The Kier molecular flexibility index (Phi) is 1.73. The molecule has 0 aromatic carbocycles. The number of hydrogen-bond donors (Lipinski definition) is 1. The quantitative estimate of drug-likeness (QED) is 0.690. The number of aliphatic imine (C=N–C) groups is 1. The van der Waals surface area contributed by atoms with E-state index in [0.717, 1.165) is 0 Å². The fourth-order valence-electron chi connectivity index (χ4n) is 0.969. The van der Waals surface area contributed by atoms with Crippen LogP contribution in [0.2, 0.25) is 0 Å². The summed E-state index contributed by atoms with van der Waals surface area (Å²) in [6.45, 7) is 0.0653. The summed E-state index contributed by atoms with van der Waals surface area (Å²) in [6, 6.07) is -0.815. The third-order valence-corrected chi connectivity index (χ3v) is 1.62. The molecule has 0 fully saturated rings. The first-order valence-electron chi connectivity index (χ1n) is 3.60.